The number of ether oxygens (including phenoxy) is 2. The molecule has 2 fully saturated rings. The van der Waals surface area contributed by atoms with Crippen LogP contribution < -0.4 is 5.73 Å². The number of nitrogens with two attached hydrogens (primary N) is 1. The number of hydrogen-bond donors (Lipinski definition) is 1. The lowest BCUT2D eigenvalue weighted by molar-refractivity contribution is -0.0558. The predicted molar refractivity (Wildman–Crippen MR) is 79.8 cm³/mol. The largest absolute Gasteiger partial charge is 0.444 e. The molecule has 1 amide bonds. The molecule has 114 valence electrons. The van der Waals surface area contributed by atoms with Gasteiger partial charge in [-0.3, -0.25) is 4.90 Å². The Bertz CT molecular complexity index is 550. The van der Waals surface area contributed by atoms with Gasteiger partial charge in [-0.25, -0.2) is 4.79 Å². The van der Waals surface area contributed by atoms with Crippen molar-refractivity contribution in [3.8, 4) is 0 Å². The van der Waals surface area contributed by atoms with Crippen LogP contribution in [0.15, 0.2) is 24.3 Å². The molecule has 1 aromatic rings. The summed E-state index contributed by atoms with van der Waals surface area (Å²) in [7, 11) is 0. The van der Waals surface area contributed by atoms with Crippen LogP contribution in [0.2, 0.25) is 0 Å². The molecule has 2 atom stereocenters. The third-order valence-electron chi connectivity index (χ3n) is 4.05. The van der Waals surface area contributed by atoms with E-state index in [9.17, 15) is 4.79 Å². The van der Waals surface area contributed by atoms with Crippen molar-refractivity contribution < 1.29 is 14.3 Å². The number of morpholine rings is 1. The van der Waals surface area contributed by atoms with Crippen LogP contribution in [0.3, 0.4) is 0 Å². The number of amides is 1. The number of likely N-dealkylation sites (tertiary alicyclic amines) is 1. The first kappa shape index (κ1) is 14.2. The number of benzene rings is 1. The van der Waals surface area contributed by atoms with Crippen molar-refractivity contribution in [2.24, 2.45) is 0 Å². The highest BCUT2D eigenvalue weighted by Crippen LogP contribution is 2.45. The number of rotatable bonds is 1. The molecule has 5 nitrogen and oxygen atoms in total. The minimum atomic E-state index is -0.478. The molecule has 3 rings (SSSR count). The van der Waals surface area contributed by atoms with Gasteiger partial charge in [-0.05, 0) is 38.5 Å². The highest BCUT2D eigenvalue weighted by molar-refractivity contribution is 5.69. The van der Waals surface area contributed by atoms with Crippen LogP contribution in [0.25, 0.3) is 0 Å². The first-order chi connectivity index (χ1) is 9.79. The van der Waals surface area contributed by atoms with Crippen molar-refractivity contribution in [2.75, 3.05) is 18.9 Å². The Morgan fingerprint density at radius 1 is 1.38 bits per heavy atom. The Labute approximate surface area is 125 Å². The summed E-state index contributed by atoms with van der Waals surface area (Å²) in [6.07, 6.45) is 0.559. The minimum absolute atomic E-state index is 0.0948. The Balaban J connectivity index is 1.79. The molecule has 2 heterocycles. The summed E-state index contributed by atoms with van der Waals surface area (Å²) in [4.78, 5) is 14.1. The molecule has 0 radical (unpaired) electrons. The van der Waals surface area contributed by atoms with Crippen molar-refractivity contribution in [1.29, 1.82) is 0 Å². The van der Waals surface area contributed by atoms with Gasteiger partial charge in [-0.1, -0.05) is 12.1 Å². The van der Waals surface area contributed by atoms with E-state index < -0.39 is 11.2 Å². The lowest BCUT2D eigenvalue weighted by Gasteiger charge is -2.34. The van der Waals surface area contributed by atoms with Crippen LogP contribution in [0, 0.1) is 0 Å². The Morgan fingerprint density at radius 3 is 2.67 bits per heavy atom. The zero-order valence-corrected chi connectivity index (χ0v) is 12.8. The normalized spacial score (nSPS) is 28.0. The maximum atomic E-state index is 12.3. The zero-order valence-electron chi connectivity index (χ0n) is 12.8. The maximum absolute atomic E-state index is 12.3. The summed E-state index contributed by atoms with van der Waals surface area (Å²) in [5, 5.41) is 0. The molecule has 5 heteroatoms. The van der Waals surface area contributed by atoms with E-state index in [0.717, 1.165) is 17.7 Å². The van der Waals surface area contributed by atoms with E-state index >= 15 is 0 Å². The van der Waals surface area contributed by atoms with E-state index in [-0.39, 0.29) is 12.1 Å². The summed E-state index contributed by atoms with van der Waals surface area (Å²) in [5.41, 5.74) is 6.66. The minimum Gasteiger partial charge on any atom is -0.444 e. The zero-order chi connectivity index (χ0) is 15.3. The van der Waals surface area contributed by atoms with E-state index in [1.54, 1.807) is 4.90 Å². The van der Waals surface area contributed by atoms with Crippen molar-refractivity contribution in [1.82, 2.24) is 4.90 Å². The predicted octanol–water partition coefficient (Wildman–Crippen LogP) is 2.50. The van der Waals surface area contributed by atoms with Gasteiger partial charge >= 0.3 is 6.09 Å². The summed E-state index contributed by atoms with van der Waals surface area (Å²) < 4.78 is 11.5. The molecular formula is C16H22N2O3. The number of nitrogens with zero attached hydrogens (tertiary/aromatic N) is 1. The van der Waals surface area contributed by atoms with E-state index in [1.807, 2.05) is 45.0 Å². The number of anilines is 1. The average molecular weight is 290 g/mol. The van der Waals surface area contributed by atoms with Gasteiger partial charge in [0.15, 0.2) is 0 Å². The van der Waals surface area contributed by atoms with Crippen LogP contribution in [-0.2, 0) is 15.1 Å². The van der Waals surface area contributed by atoms with E-state index in [0.29, 0.717) is 13.2 Å². The van der Waals surface area contributed by atoms with Crippen molar-refractivity contribution in [3.05, 3.63) is 29.8 Å². The molecule has 2 aliphatic heterocycles. The van der Waals surface area contributed by atoms with Crippen LogP contribution >= 0.6 is 0 Å². The molecule has 1 unspecified atom stereocenters. The molecular weight excluding hydrogens is 268 g/mol. The number of fused-ring (bicyclic) bond motifs is 2. The highest BCUT2D eigenvalue weighted by Gasteiger charge is 2.54. The van der Waals surface area contributed by atoms with Crippen molar-refractivity contribution >= 4 is 11.8 Å². The Morgan fingerprint density at radius 2 is 2.05 bits per heavy atom. The van der Waals surface area contributed by atoms with Gasteiger partial charge in [0.2, 0.25) is 0 Å². The molecule has 2 bridgehead atoms. The fourth-order valence-corrected chi connectivity index (χ4v) is 3.08. The summed E-state index contributed by atoms with van der Waals surface area (Å²) >= 11 is 0. The monoisotopic (exact) mass is 290 g/mol. The Hall–Kier alpha value is -1.75. The molecule has 0 spiro atoms. The van der Waals surface area contributed by atoms with Crippen molar-refractivity contribution in [3.63, 3.8) is 0 Å². The first-order valence-corrected chi connectivity index (χ1v) is 7.29. The summed E-state index contributed by atoms with van der Waals surface area (Å²) in [6.45, 7) is 6.74. The van der Waals surface area contributed by atoms with Gasteiger partial charge in [0.25, 0.3) is 0 Å². The molecule has 2 N–H and O–H groups in total. The fourth-order valence-electron chi connectivity index (χ4n) is 3.08. The van der Waals surface area contributed by atoms with E-state index in [4.69, 9.17) is 15.2 Å². The van der Waals surface area contributed by atoms with Gasteiger partial charge < -0.3 is 15.2 Å². The van der Waals surface area contributed by atoms with Gasteiger partial charge in [0, 0.05) is 12.1 Å². The van der Waals surface area contributed by atoms with E-state index in [1.165, 1.54) is 0 Å². The quantitative estimate of drug-likeness (QED) is 0.807. The van der Waals surface area contributed by atoms with Gasteiger partial charge in [-0.15, -0.1) is 0 Å². The lowest BCUT2D eigenvalue weighted by atomic mass is 9.93. The van der Waals surface area contributed by atoms with Crippen molar-refractivity contribution in [2.45, 2.75) is 44.4 Å². The summed E-state index contributed by atoms with van der Waals surface area (Å²) in [5.74, 6) is 0. The first-order valence-electron chi connectivity index (χ1n) is 7.29. The second-order valence-electron chi connectivity index (χ2n) is 6.89. The molecule has 1 aromatic carbocycles. The lowest BCUT2D eigenvalue weighted by Crippen LogP contribution is -2.46. The van der Waals surface area contributed by atoms with Gasteiger partial charge in [-0.2, -0.15) is 0 Å². The second kappa shape index (κ2) is 4.63. The number of carbonyl (C=O) groups is 1. The van der Waals surface area contributed by atoms with Gasteiger partial charge in [0.1, 0.15) is 11.2 Å². The molecule has 0 aromatic heterocycles. The average Bonchev–Trinajstić information content (AvgIpc) is 2.96. The molecule has 2 saturated heterocycles. The smallest absolute Gasteiger partial charge is 0.410 e. The summed E-state index contributed by atoms with van der Waals surface area (Å²) in [6, 6.07) is 7.80. The van der Waals surface area contributed by atoms with Crippen LogP contribution in [0.5, 0.6) is 0 Å². The topological polar surface area (TPSA) is 64.8 Å². The third kappa shape index (κ3) is 2.58. The number of carbonyl (C=O) groups excluding carboxylic acids is 1. The maximum Gasteiger partial charge on any atom is 0.410 e. The third-order valence-corrected chi connectivity index (χ3v) is 4.05. The van der Waals surface area contributed by atoms with Crippen LogP contribution in [-0.4, -0.2) is 35.8 Å². The molecule has 2 aliphatic rings. The van der Waals surface area contributed by atoms with Crippen LogP contribution in [0.4, 0.5) is 10.5 Å². The van der Waals surface area contributed by atoms with Gasteiger partial charge in [0.05, 0.1) is 19.2 Å². The van der Waals surface area contributed by atoms with E-state index in [2.05, 4.69) is 0 Å². The van der Waals surface area contributed by atoms with Crippen LogP contribution in [0.1, 0.15) is 32.8 Å². The molecule has 0 saturated carbocycles. The molecule has 0 aliphatic carbocycles. The number of nitrogen functional groups attached to an aromatic ring is 1. The Kier molecular flexibility index (Phi) is 3.13. The molecule has 21 heavy (non-hydrogen) atoms. The second-order valence-corrected chi connectivity index (χ2v) is 6.89. The highest BCUT2D eigenvalue weighted by atomic mass is 16.6. The number of hydrogen-bond acceptors (Lipinski definition) is 4. The SMILES string of the molecule is CC(C)(C)OC(=O)N1CC2(c3ccc(N)cc3)C[C@H]1CO2. The fraction of sp³-hybridized carbons (Fsp3) is 0.562. The standard InChI is InChI=1S/C16H22N2O3/c1-15(2,3)21-14(19)18-10-16(8-13(18)9-20-16)11-4-6-12(17)7-5-11/h4-7,13H,8-10,17H2,1-3H3/t13-,16?/m0/s1.